The third-order valence-electron chi connectivity index (χ3n) is 7.31. The van der Waals surface area contributed by atoms with E-state index in [1.807, 2.05) is 68.4 Å². The zero-order valence-corrected chi connectivity index (χ0v) is 29.0. The normalized spacial score (nSPS) is 11.0. The first-order valence-electron chi connectivity index (χ1n) is 14.1. The Balaban J connectivity index is 0.00000240. The molecule has 0 unspecified atom stereocenters. The average molecular weight is 649 g/mol. The molecule has 3 heterocycles. The van der Waals surface area contributed by atoms with Crippen molar-refractivity contribution in [1.82, 2.24) is 19.3 Å². The molecule has 0 amide bonds. The average Bonchev–Trinajstić information content (AvgIpc) is 3.69. The van der Waals surface area contributed by atoms with E-state index in [1.54, 1.807) is 28.8 Å². The molecule has 6 rings (SSSR count). The number of benzene rings is 3. The maximum atomic E-state index is 13.8. The third-order valence-corrected chi connectivity index (χ3v) is 8.61. The number of ketones is 1. The van der Waals surface area contributed by atoms with Crippen LogP contribution < -0.4 is 73.1 Å². The van der Waals surface area contributed by atoms with E-state index in [-0.39, 0.29) is 71.7 Å². The topological polar surface area (TPSA) is 129 Å². The number of ether oxygens (including phenoxy) is 1. The number of carbonyl (C=O) groups is 1. The minimum Gasteiger partial charge on any atom is -1.00 e. The number of thiophene rings is 1. The van der Waals surface area contributed by atoms with E-state index >= 15 is 0 Å². The Bertz CT molecular complexity index is 2160. The van der Waals surface area contributed by atoms with Gasteiger partial charge in [0.25, 0.3) is 5.56 Å². The van der Waals surface area contributed by atoms with Gasteiger partial charge in [0.05, 0.1) is 25.1 Å². The summed E-state index contributed by atoms with van der Waals surface area (Å²) in [5, 5.41) is 4.24. The molecule has 0 aliphatic heterocycles. The molecule has 0 saturated carbocycles. The predicted octanol–water partition coefficient (Wildman–Crippen LogP) is 2.24. The molecule has 0 spiro atoms. The number of aromatic amines is 1. The van der Waals surface area contributed by atoms with Crippen LogP contribution in [0.2, 0.25) is 0 Å². The number of fused-ring (bicyclic) bond motifs is 1. The van der Waals surface area contributed by atoms with Crippen molar-refractivity contribution in [2.24, 2.45) is 0 Å². The molecule has 0 aliphatic carbocycles. The van der Waals surface area contributed by atoms with Gasteiger partial charge in [0, 0.05) is 16.0 Å². The fraction of sp³-hybridized carbons (Fsp3) is 0.182. The second kappa shape index (κ2) is 14.2. The minimum atomic E-state index is -0.635. The smallest absolute Gasteiger partial charge is 1.00 e. The van der Waals surface area contributed by atoms with Gasteiger partial charge in [-0.1, -0.05) is 60.6 Å². The first-order chi connectivity index (χ1) is 21.4. The SMILES string of the molecule is CCOc1ccc(C(=O)Cn2c(=O)c3cc(CC)sc3n(Cc3ccc(-c4ccccc4-c4noc(=O)[nH]4)cc3)c2=O)cc1.[H-].[K+]. The van der Waals surface area contributed by atoms with Crippen molar-refractivity contribution in [1.29, 1.82) is 0 Å². The van der Waals surface area contributed by atoms with Gasteiger partial charge in [0.2, 0.25) is 0 Å². The van der Waals surface area contributed by atoms with Crippen molar-refractivity contribution >= 4 is 27.3 Å². The van der Waals surface area contributed by atoms with Crippen molar-refractivity contribution in [2.45, 2.75) is 33.4 Å². The van der Waals surface area contributed by atoms with Gasteiger partial charge >= 0.3 is 62.8 Å². The summed E-state index contributed by atoms with van der Waals surface area (Å²) in [6.07, 6.45) is 0.711. The molecule has 6 aromatic rings. The Labute approximate surface area is 305 Å². The summed E-state index contributed by atoms with van der Waals surface area (Å²) in [5.41, 5.74) is 2.62. The van der Waals surface area contributed by atoms with Gasteiger partial charge in [-0.05, 0) is 60.4 Å². The van der Waals surface area contributed by atoms with E-state index in [9.17, 15) is 19.2 Å². The molecule has 45 heavy (non-hydrogen) atoms. The number of rotatable bonds is 10. The molecule has 224 valence electrons. The van der Waals surface area contributed by atoms with Crippen LogP contribution in [0, 0.1) is 0 Å². The van der Waals surface area contributed by atoms with Crippen LogP contribution in [0.4, 0.5) is 0 Å². The molecule has 0 saturated heterocycles. The van der Waals surface area contributed by atoms with Gasteiger partial charge in [-0.25, -0.2) is 9.59 Å². The standard InChI is InChI=1S/C33H28N4O6S.K.H/c1-3-24-17-27-30(39)36(19-28(38)22-13-15-23(16-14-22)42-4-2)33(41)37(31(27)44-24)18-20-9-11-21(12-10-20)25-7-5-6-8-26(25)29-34-32(40)43-35-29;;/h5-17H,3-4,18-19H2,1-2H3,(H,34,35,40);;/q;+1;-1. The molecule has 0 fully saturated rings. The van der Waals surface area contributed by atoms with E-state index in [4.69, 9.17) is 4.74 Å². The van der Waals surface area contributed by atoms with E-state index in [0.717, 1.165) is 26.1 Å². The summed E-state index contributed by atoms with van der Waals surface area (Å²) in [6, 6.07) is 23.6. The number of nitrogens with zero attached hydrogens (tertiary/aromatic N) is 3. The first kappa shape index (κ1) is 32.7. The molecule has 0 atom stereocenters. The predicted molar refractivity (Wildman–Crippen MR) is 170 cm³/mol. The van der Waals surface area contributed by atoms with Gasteiger partial charge in [-0.3, -0.25) is 28.2 Å². The van der Waals surface area contributed by atoms with Crippen LogP contribution in [-0.4, -0.2) is 31.7 Å². The summed E-state index contributed by atoms with van der Waals surface area (Å²) in [6.45, 7) is 4.20. The van der Waals surface area contributed by atoms with Gasteiger partial charge in [-0.2, -0.15) is 0 Å². The molecular weight excluding hydrogens is 620 g/mol. The molecule has 0 bridgehead atoms. The molecular formula is C33H29KN4O6S. The van der Waals surface area contributed by atoms with Crippen LogP contribution in [0.5, 0.6) is 5.75 Å². The minimum absolute atomic E-state index is 0. The largest absolute Gasteiger partial charge is 1.00 e. The van der Waals surface area contributed by atoms with Crippen molar-refractivity contribution < 1.29 is 66.9 Å². The molecule has 3 aromatic heterocycles. The maximum Gasteiger partial charge on any atom is 1.00 e. The van der Waals surface area contributed by atoms with E-state index in [2.05, 4.69) is 14.7 Å². The van der Waals surface area contributed by atoms with Crippen molar-refractivity contribution in [3.63, 3.8) is 0 Å². The van der Waals surface area contributed by atoms with Gasteiger partial charge in [0.1, 0.15) is 10.6 Å². The Morgan fingerprint density at radius 2 is 1.67 bits per heavy atom. The van der Waals surface area contributed by atoms with Crippen LogP contribution in [0.3, 0.4) is 0 Å². The van der Waals surface area contributed by atoms with Crippen LogP contribution in [-0.2, 0) is 19.5 Å². The van der Waals surface area contributed by atoms with E-state index in [0.29, 0.717) is 45.9 Å². The first-order valence-corrected chi connectivity index (χ1v) is 14.9. The summed E-state index contributed by atoms with van der Waals surface area (Å²) >= 11 is 1.41. The number of Topliss-reactive ketones (excluding diaryl/α,β-unsaturated/α-hetero) is 1. The maximum absolute atomic E-state index is 13.8. The quantitative estimate of drug-likeness (QED) is 0.178. The van der Waals surface area contributed by atoms with Crippen molar-refractivity contribution in [3.8, 4) is 28.3 Å². The van der Waals surface area contributed by atoms with Crippen LogP contribution in [0.15, 0.2) is 97.8 Å². The molecule has 12 heteroatoms. The van der Waals surface area contributed by atoms with Gasteiger partial charge in [-0.15, -0.1) is 11.3 Å². The molecule has 0 aliphatic rings. The van der Waals surface area contributed by atoms with Gasteiger partial charge in [0.15, 0.2) is 11.6 Å². The van der Waals surface area contributed by atoms with Crippen molar-refractivity contribution in [3.05, 3.63) is 126 Å². The molecule has 0 radical (unpaired) electrons. The van der Waals surface area contributed by atoms with E-state index < -0.39 is 17.0 Å². The monoisotopic (exact) mass is 648 g/mol. The Hall–Kier alpha value is -3.65. The Morgan fingerprint density at radius 1 is 0.956 bits per heavy atom. The second-order valence-electron chi connectivity index (χ2n) is 10.1. The number of H-pyrrole nitrogens is 1. The number of carbonyl (C=O) groups excluding carboxylic acids is 1. The summed E-state index contributed by atoms with van der Waals surface area (Å²) in [5.74, 6) is -0.0159. The second-order valence-corrected chi connectivity index (χ2v) is 11.2. The fourth-order valence-electron chi connectivity index (χ4n) is 5.10. The zero-order chi connectivity index (χ0) is 30.8. The number of hydrogen-bond acceptors (Lipinski definition) is 8. The third kappa shape index (κ3) is 6.81. The number of aryl methyl sites for hydroxylation is 1. The Kier molecular flexibility index (Phi) is 10.3. The molecule has 1 N–H and O–H groups in total. The van der Waals surface area contributed by atoms with Crippen LogP contribution in [0.1, 0.15) is 36.1 Å². The van der Waals surface area contributed by atoms with Crippen LogP contribution >= 0.6 is 11.3 Å². The number of nitrogens with one attached hydrogen (secondary N) is 1. The summed E-state index contributed by atoms with van der Waals surface area (Å²) < 4.78 is 12.7. The number of hydrogen-bond donors (Lipinski definition) is 1. The Morgan fingerprint density at radius 3 is 2.31 bits per heavy atom. The number of aromatic nitrogens is 4. The van der Waals surface area contributed by atoms with Gasteiger partial charge < -0.3 is 6.16 Å². The molecule has 3 aromatic carbocycles. The summed E-state index contributed by atoms with van der Waals surface area (Å²) in [7, 11) is 0. The molecule has 10 nitrogen and oxygen atoms in total. The van der Waals surface area contributed by atoms with Crippen LogP contribution in [0.25, 0.3) is 32.7 Å². The van der Waals surface area contributed by atoms with Crippen molar-refractivity contribution in [2.75, 3.05) is 6.61 Å². The fourth-order valence-corrected chi connectivity index (χ4v) is 6.18. The summed E-state index contributed by atoms with van der Waals surface area (Å²) in [4.78, 5) is 56.2. The van der Waals surface area contributed by atoms with E-state index in [1.165, 1.54) is 11.3 Å². The zero-order valence-electron chi connectivity index (χ0n) is 26.0.